The molecular formula is C21H19FN4O4S. The SMILES string of the molecule is Cc1ccnc(NS(=O)(=O)c2ccc(NC(=O)CCC(=O)c3ccc(F)cc3)cc2)n1. The molecule has 0 bridgehead atoms. The minimum absolute atomic E-state index is 0.0258. The summed E-state index contributed by atoms with van der Waals surface area (Å²) in [5, 5.41) is 2.60. The number of carbonyl (C=O) groups excluding carboxylic acids is 2. The average molecular weight is 442 g/mol. The van der Waals surface area contributed by atoms with Crippen LogP contribution in [-0.4, -0.2) is 30.1 Å². The van der Waals surface area contributed by atoms with Gasteiger partial charge in [0.05, 0.1) is 4.90 Å². The first-order valence-corrected chi connectivity index (χ1v) is 10.7. The van der Waals surface area contributed by atoms with Crippen LogP contribution in [0, 0.1) is 12.7 Å². The molecule has 0 aliphatic carbocycles. The number of benzene rings is 2. The fourth-order valence-electron chi connectivity index (χ4n) is 2.63. The molecule has 160 valence electrons. The highest BCUT2D eigenvalue weighted by molar-refractivity contribution is 7.92. The fraction of sp³-hybridized carbons (Fsp3) is 0.143. The lowest BCUT2D eigenvalue weighted by atomic mass is 10.1. The topological polar surface area (TPSA) is 118 Å². The van der Waals surface area contributed by atoms with Crippen molar-refractivity contribution in [2.24, 2.45) is 0 Å². The number of nitrogens with one attached hydrogen (secondary N) is 2. The molecule has 1 aromatic heterocycles. The molecule has 10 heteroatoms. The minimum Gasteiger partial charge on any atom is -0.326 e. The third-order valence-electron chi connectivity index (χ3n) is 4.21. The molecule has 0 fully saturated rings. The summed E-state index contributed by atoms with van der Waals surface area (Å²) in [6, 6.07) is 12.3. The van der Waals surface area contributed by atoms with E-state index in [0.29, 0.717) is 16.9 Å². The largest absolute Gasteiger partial charge is 0.326 e. The number of amides is 1. The summed E-state index contributed by atoms with van der Waals surface area (Å²) in [6.45, 7) is 1.71. The van der Waals surface area contributed by atoms with Crippen LogP contribution in [0.25, 0.3) is 0 Å². The van der Waals surface area contributed by atoms with Crippen molar-refractivity contribution in [2.45, 2.75) is 24.7 Å². The van der Waals surface area contributed by atoms with E-state index in [4.69, 9.17) is 0 Å². The maximum Gasteiger partial charge on any atom is 0.264 e. The van der Waals surface area contributed by atoms with Crippen molar-refractivity contribution >= 4 is 33.3 Å². The first-order valence-electron chi connectivity index (χ1n) is 9.24. The van der Waals surface area contributed by atoms with Crippen molar-refractivity contribution in [3.05, 3.63) is 77.9 Å². The van der Waals surface area contributed by atoms with E-state index in [1.165, 1.54) is 54.7 Å². The molecule has 3 rings (SSSR count). The zero-order chi connectivity index (χ0) is 22.4. The van der Waals surface area contributed by atoms with Gasteiger partial charge in [0.15, 0.2) is 5.78 Å². The number of aromatic nitrogens is 2. The van der Waals surface area contributed by atoms with Crippen LogP contribution in [0.2, 0.25) is 0 Å². The predicted molar refractivity (Wildman–Crippen MR) is 113 cm³/mol. The molecule has 0 aliphatic rings. The smallest absolute Gasteiger partial charge is 0.264 e. The summed E-state index contributed by atoms with van der Waals surface area (Å²) in [5.41, 5.74) is 1.32. The predicted octanol–water partition coefficient (Wildman–Crippen LogP) is 3.33. The number of carbonyl (C=O) groups is 2. The van der Waals surface area contributed by atoms with Gasteiger partial charge in [-0.15, -0.1) is 0 Å². The van der Waals surface area contributed by atoms with Gasteiger partial charge in [-0.1, -0.05) is 0 Å². The Morgan fingerprint density at radius 3 is 2.29 bits per heavy atom. The van der Waals surface area contributed by atoms with Gasteiger partial charge in [-0.25, -0.2) is 27.5 Å². The second-order valence-electron chi connectivity index (χ2n) is 6.63. The summed E-state index contributed by atoms with van der Waals surface area (Å²) in [5.74, 6) is -1.16. The number of hydrogen-bond donors (Lipinski definition) is 2. The van der Waals surface area contributed by atoms with Gasteiger partial charge in [-0.05, 0) is 61.5 Å². The Hall–Kier alpha value is -3.66. The van der Waals surface area contributed by atoms with E-state index in [-0.39, 0.29) is 29.5 Å². The maximum atomic E-state index is 12.9. The molecule has 1 heterocycles. The average Bonchev–Trinajstić information content (AvgIpc) is 2.72. The first-order chi connectivity index (χ1) is 14.7. The van der Waals surface area contributed by atoms with E-state index >= 15 is 0 Å². The summed E-state index contributed by atoms with van der Waals surface area (Å²) in [7, 11) is -3.89. The highest BCUT2D eigenvalue weighted by Crippen LogP contribution is 2.17. The molecule has 0 saturated carbocycles. The van der Waals surface area contributed by atoms with E-state index in [0.717, 1.165) is 0 Å². The zero-order valence-corrected chi connectivity index (χ0v) is 17.3. The number of anilines is 2. The van der Waals surface area contributed by atoms with Crippen molar-refractivity contribution in [2.75, 3.05) is 10.0 Å². The molecular weight excluding hydrogens is 423 g/mol. The lowest BCUT2D eigenvalue weighted by Gasteiger charge is -2.09. The molecule has 31 heavy (non-hydrogen) atoms. The Labute approximate surface area is 178 Å². The Bertz CT molecular complexity index is 1200. The monoisotopic (exact) mass is 442 g/mol. The summed E-state index contributed by atoms with van der Waals surface area (Å²) in [6.07, 6.45) is 1.34. The number of ketones is 1. The van der Waals surface area contributed by atoms with Crippen LogP contribution in [0.4, 0.5) is 16.0 Å². The lowest BCUT2D eigenvalue weighted by molar-refractivity contribution is -0.116. The van der Waals surface area contributed by atoms with E-state index in [9.17, 15) is 22.4 Å². The molecule has 0 atom stereocenters. The third-order valence-corrected chi connectivity index (χ3v) is 5.56. The highest BCUT2D eigenvalue weighted by Gasteiger charge is 2.16. The molecule has 3 aromatic rings. The third kappa shape index (κ3) is 6.16. The first kappa shape index (κ1) is 22.0. The van der Waals surface area contributed by atoms with Gasteiger partial charge in [0.2, 0.25) is 11.9 Å². The van der Waals surface area contributed by atoms with Crippen molar-refractivity contribution in [1.82, 2.24) is 9.97 Å². The van der Waals surface area contributed by atoms with Crippen LogP contribution in [0.1, 0.15) is 28.9 Å². The summed E-state index contributed by atoms with van der Waals surface area (Å²) in [4.78, 5) is 32.0. The Morgan fingerprint density at radius 2 is 1.65 bits per heavy atom. The van der Waals surface area contributed by atoms with Gasteiger partial charge < -0.3 is 5.32 Å². The second-order valence-corrected chi connectivity index (χ2v) is 8.31. The molecule has 0 aliphatic heterocycles. The van der Waals surface area contributed by atoms with Crippen LogP contribution in [0.3, 0.4) is 0 Å². The fourth-order valence-corrected chi connectivity index (χ4v) is 3.58. The van der Waals surface area contributed by atoms with Crippen LogP contribution >= 0.6 is 0 Å². The number of rotatable bonds is 8. The number of nitrogens with zero attached hydrogens (tertiary/aromatic N) is 2. The van der Waals surface area contributed by atoms with Crippen molar-refractivity contribution in [1.29, 1.82) is 0 Å². The van der Waals surface area contributed by atoms with Crippen molar-refractivity contribution in [3.8, 4) is 0 Å². The number of aryl methyl sites for hydroxylation is 1. The standard InChI is InChI=1S/C21H19FN4O4S/c1-14-12-13-23-21(24-14)26-31(29,30)18-8-6-17(7-9-18)25-20(28)11-10-19(27)15-2-4-16(22)5-3-15/h2-9,12-13H,10-11H2,1H3,(H,25,28)(H,23,24,26). The molecule has 2 aromatic carbocycles. The number of Topliss-reactive ketones (excluding diaryl/α,β-unsaturated/α-hetero) is 1. The van der Waals surface area contributed by atoms with Gasteiger partial charge in [0, 0.05) is 36.0 Å². The van der Waals surface area contributed by atoms with Crippen LogP contribution in [0.5, 0.6) is 0 Å². The summed E-state index contributed by atoms with van der Waals surface area (Å²) >= 11 is 0. The van der Waals surface area contributed by atoms with Gasteiger partial charge in [0.25, 0.3) is 10.0 Å². The van der Waals surface area contributed by atoms with Crippen molar-refractivity contribution < 1.29 is 22.4 Å². The zero-order valence-electron chi connectivity index (χ0n) is 16.5. The molecule has 8 nitrogen and oxygen atoms in total. The van der Waals surface area contributed by atoms with Gasteiger partial charge in [0.1, 0.15) is 5.82 Å². The van der Waals surface area contributed by atoms with Crippen molar-refractivity contribution in [3.63, 3.8) is 0 Å². The lowest BCUT2D eigenvalue weighted by Crippen LogP contribution is -2.16. The summed E-state index contributed by atoms with van der Waals surface area (Å²) < 4.78 is 40.1. The van der Waals surface area contributed by atoms with Crippen LogP contribution in [-0.2, 0) is 14.8 Å². The van der Waals surface area contributed by atoms with Gasteiger partial charge in [-0.2, -0.15) is 0 Å². The molecule has 0 radical (unpaired) electrons. The van der Waals surface area contributed by atoms with Crippen LogP contribution < -0.4 is 10.0 Å². The van der Waals surface area contributed by atoms with Gasteiger partial charge >= 0.3 is 0 Å². The minimum atomic E-state index is -3.89. The van der Waals surface area contributed by atoms with E-state index in [2.05, 4.69) is 20.0 Å². The molecule has 0 spiro atoms. The quantitative estimate of drug-likeness (QED) is 0.517. The van der Waals surface area contributed by atoms with Crippen LogP contribution in [0.15, 0.2) is 65.7 Å². The Morgan fingerprint density at radius 1 is 0.968 bits per heavy atom. The number of sulfonamides is 1. The number of halogens is 1. The molecule has 2 N–H and O–H groups in total. The Kier molecular flexibility index (Phi) is 6.71. The normalized spacial score (nSPS) is 11.0. The van der Waals surface area contributed by atoms with Gasteiger partial charge in [-0.3, -0.25) is 9.59 Å². The van der Waals surface area contributed by atoms with E-state index in [1.54, 1.807) is 13.0 Å². The number of hydrogen-bond acceptors (Lipinski definition) is 6. The molecule has 0 saturated heterocycles. The molecule has 1 amide bonds. The van der Waals surface area contributed by atoms with E-state index in [1.807, 2.05) is 0 Å². The maximum absolute atomic E-state index is 12.9. The van der Waals surface area contributed by atoms with E-state index < -0.39 is 21.7 Å². The molecule has 0 unspecified atom stereocenters. The second kappa shape index (κ2) is 9.43. The Balaban J connectivity index is 1.56. The highest BCUT2D eigenvalue weighted by atomic mass is 32.2.